The van der Waals surface area contributed by atoms with E-state index in [1.54, 1.807) is 7.05 Å². The Bertz CT molecular complexity index is 696. The third-order valence-electron chi connectivity index (χ3n) is 5.28. The number of rotatable bonds is 6. The van der Waals surface area contributed by atoms with Gasteiger partial charge >= 0.3 is 0 Å². The molecule has 1 aromatic rings. The highest BCUT2D eigenvalue weighted by Crippen LogP contribution is 2.16. The fraction of sp³-hybridized carbons (Fsp3) is 0.571. The molecule has 2 N–H and O–H groups in total. The maximum Gasteiger partial charge on any atom is 0.251 e. The van der Waals surface area contributed by atoms with E-state index in [9.17, 15) is 9.59 Å². The molecule has 2 fully saturated rings. The normalized spacial score (nSPS) is 19.9. The summed E-state index contributed by atoms with van der Waals surface area (Å²) in [6.45, 7) is 4.51. The fourth-order valence-corrected chi connectivity index (χ4v) is 3.62. The number of hydrogen-bond donors (Lipinski definition) is 2. The lowest BCUT2D eigenvalue weighted by Gasteiger charge is -2.37. The average Bonchev–Trinajstić information content (AvgIpc) is 3.31. The Hall–Kier alpha value is -2.61. The molecule has 3 rings (SSSR count). The first-order valence-electron chi connectivity index (χ1n) is 10.3. The minimum absolute atomic E-state index is 0.00351. The molecular weight excluding hydrogens is 370 g/mol. The molecule has 2 amide bonds. The standard InChI is InChI=1S/C21H31N5O3/c1-22-21(23-10-9-19(27)24-16-17-6-3-2-4-7-17)26-13-11-25(12-14-26)20(28)18-8-5-15-29-18/h2-4,6-7,18H,5,8-16H2,1H3,(H,22,23)(H,24,27). The molecule has 2 heterocycles. The Balaban J connectivity index is 1.35. The Morgan fingerprint density at radius 3 is 2.48 bits per heavy atom. The van der Waals surface area contributed by atoms with E-state index in [2.05, 4.69) is 20.5 Å². The number of carbonyl (C=O) groups excluding carboxylic acids is 2. The van der Waals surface area contributed by atoms with Gasteiger partial charge in [-0.3, -0.25) is 14.6 Å². The molecule has 8 nitrogen and oxygen atoms in total. The molecule has 0 radical (unpaired) electrons. The molecule has 29 heavy (non-hydrogen) atoms. The lowest BCUT2D eigenvalue weighted by molar-refractivity contribution is -0.142. The van der Waals surface area contributed by atoms with Crippen LogP contribution in [0.15, 0.2) is 35.3 Å². The molecule has 0 aliphatic carbocycles. The Labute approximate surface area is 172 Å². The number of amides is 2. The van der Waals surface area contributed by atoms with Crippen LogP contribution in [0.5, 0.6) is 0 Å². The molecule has 1 atom stereocenters. The van der Waals surface area contributed by atoms with Crippen molar-refractivity contribution < 1.29 is 14.3 Å². The second-order valence-corrected chi connectivity index (χ2v) is 7.30. The van der Waals surface area contributed by atoms with Gasteiger partial charge in [-0.2, -0.15) is 0 Å². The van der Waals surface area contributed by atoms with E-state index in [4.69, 9.17) is 4.74 Å². The van der Waals surface area contributed by atoms with E-state index >= 15 is 0 Å². The van der Waals surface area contributed by atoms with Crippen molar-refractivity contribution in [3.05, 3.63) is 35.9 Å². The topological polar surface area (TPSA) is 86.3 Å². The lowest BCUT2D eigenvalue weighted by Crippen LogP contribution is -2.55. The van der Waals surface area contributed by atoms with Crippen LogP contribution in [-0.2, 0) is 20.9 Å². The van der Waals surface area contributed by atoms with E-state index in [1.165, 1.54) is 0 Å². The van der Waals surface area contributed by atoms with Crippen LogP contribution in [0, 0.1) is 0 Å². The second-order valence-electron chi connectivity index (χ2n) is 7.30. The number of nitrogens with one attached hydrogen (secondary N) is 2. The monoisotopic (exact) mass is 401 g/mol. The highest BCUT2D eigenvalue weighted by molar-refractivity contribution is 5.83. The molecule has 8 heteroatoms. The predicted molar refractivity (Wildman–Crippen MR) is 111 cm³/mol. The van der Waals surface area contributed by atoms with Crippen molar-refractivity contribution in [1.29, 1.82) is 0 Å². The third kappa shape index (κ3) is 6.19. The highest BCUT2D eigenvalue weighted by atomic mass is 16.5. The molecule has 2 saturated heterocycles. The lowest BCUT2D eigenvalue weighted by atomic mass is 10.2. The van der Waals surface area contributed by atoms with Crippen molar-refractivity contribution in [3.63, 3.8) is 0 Å². The summed E-state index contributed by atoms with van der Waals surface area (Å²) in [5.41, 5.74) is 1.08. The average molecular weight is 402 g/mol. The van der Waals surface area contributed by atoms with Gasteiger partial charge in [0, 0.05) is 59.3 Å². The molecule has 2 aliphatic rings. The molecule has 2 aliphatic heterocycles. The van der Waals surface area contributed by atoms with Gasteiger partial charge in [-0.15, -0.1) is 0 Å². The van der Waals surface area contributed by atoms with Gasteiger partial charge < -0.3 is 25.2 Å². The second kappa shape index (κ2) is 10.8. The Morgan fingerprint density at radius 1 is 1.10 bits per heavy atom. The molecule has 158 valence electrons. The summed E-state index contributed by atoms with van der Waals surface area (Å²) in [5, 5.41) is 6.18. The summed E-state index contributed by atoms with van der Waals surface area (Å²) in [7, 11) is 1.74. The predicted octanol–water partition coefficient (Wildman–Crippen LogP) is 0.592. The minimum Gasteiger partial charge on any atom is -0.368 e. The number of carbonyl (C=O) groups is 2. The van der Waals surface area contributed by atoms with Gasteiger partial charge in [-0.25, -0.2) is 0 Å². The molecule has 1 unspecified atom stereocenters. The van der Waals surface area contributed by atoms with E-state index in [0.717, 1.165) is 37.5 Å². The number of benzene rings is 1. The quantitative estimate of drug-likeness (QED) is 0.538. The summed E-state index contributed by atoms with van der Waals surface area (Å²) in [6.07, 6.45) is 1.91. The van der Waals surface area contributed by atoms with Gasteiger partial charge in [0.25, 0.3) is 5.91 Å². The zero-order valence-corrected chi connectivity index (χ0v) is 17.1. The summed E-state index contributed by atoms with van der Waals surface area (Å²) >= 11 is 0. The number of guanidine groups is 1. The van der Waals surface area contributed by atoms with Crippen LogP contribution < -0.4 is 10.6 Å². The molecule has 0 bridgehead atoms. The summed E-state index contributed by atoms with van der Waals surface area (Å²) in [4.78, 5) is 32.8. The van der Waals surface area contributed by atoms with Gasteiger partial charge in [0.15, 0.2) is 5.96 Å². The molecular formula is C21H31N5O3. The SMILES string of the molecule is CN=C(NCCC(=O)NCc1ccccc1)N1CCN(C(=O)C2CCCO2)CC1. The molecule has 0 aromatic heterocycles. The van der Waals surface area contributed by atoms with Crippen LogP contribution in [0.2, 0.25) is 0 Å². The van der Waals surface area contributed by atoms with Gasteiger partial charge in [0.05, 0.1) is 0 Å². The van der Waals surface area contributed by atoms with E-state index in [0.29, 0.717) is 39.2 Å². The van der Waals surface area contributed by atoms with Gasteiger partial charge in [-0.1, -0.05) is 30.3 Å². The zero-order valence-electron chi connectivity index (χ0n) is 17.1. The summed E-state index contributed by atoms with van der Waals surface area (Å²) in [5.74, 6) is 0.883. The maximum absolute atomic E-state index is 12.4. The van der Waals surface area contributed by atoms with Crippen LogP contribution in [-0.4, -0.2) is 80.1 Å². The van der Waals surface area contributed by atoms with Crippen molar-refractivity contribution in [2.75, 3.05) is 46.4 Å². The first-order valence-corrected chi connectivity index (χ1v) is 10.3. The summed E-state index contributed by atoms with van der Waals surface area (Å²) in [6, 6.07) is 9.86. The number of aliphatic imine (C=N–C) groups is 1. The van der Waals surface area contributed by atoms with Gasteiger partial charge in [0.2, 0.25) is 5.91 Å². The van der Waals surface area contributed by atoms with Crippen LogP contribution in [0.1, 0.15) is 24.8 Å². The van der Waals surface area contributed by atoms with Gasteiger partial charge in [-0.05, 0) is 18.4 Å². The van der Waals surface area contributed by atoms with E-state index < -0.39 is 0 Å². The number of nitrogens with zero attached hydrogens (tertiary/aromatic N) is 3. The van der Waals surface area contributed by atoms with Crippen LogP contribution in [0.3, 0.4) is 0 Å². The van der Waals surface area contributed by atoms with Gasteiger partial charge in [0.1, 0.15) is 6.10 Å². The first kappa shape index (κ1) is 21.1. The van der Waals surface area contributed by atoms with Crippen molar-refractivity contribution in [1.82, 2.24) is 20.4 Å². The molecule has 0 saturated carbocycles. The number of hydrogen-bond acceptors (Lipinski definition) is 4. The number of piperazine rings is 1. The van der Waals surface area contributed by atoms with Crippen molar-refractivity contribution in [2.45, 2.75) is 31.9 Å². The highest BCUT2D eigenvalue weighted by Gasteiger charge is 2.30. The Kier molecular flexibility index (Phi) is 7.86. The summed E-state index contributed by atoms with van der Waals surface area (Å²) < 4.78 is 5.51. The fourth-order valence-electron chi connectivity index (χ4n) is 3.62. The van der Waals surface area contributed by atoms with Crippen LogP contribution >= 0.6 is 0 Å². The molecule has 1 aromatic carbocycles. The number of ether oxygens (including phenoxy) is 1. The van der Waals surface area contributed by atoms with Crippen LogP contribution in [0.4, 0.5) is 0 Å². The van der Waals surface area contributed by atoms with Crippen LogP contribution in [0.25, 0.3) is 0 Å². The Morgan fingerprint density at radius 2 is 1.83 bits per heavy atom. The largest absolute Gasteiger partial charge is 0.368 e. The van der Waals surface area contributed by atoms with Crippen molar-refractivity contribution in [3.8, 4) is 0 Å². The zero-order chi connectivity index (χ0) is 20.5. The first-order chi connectivity index (χ1) is 14.2. The molecule has 0 spiro atoms. The smallest absolute Gasteiger partial charge is 0.251 e. The van der Waals surface area contributed by atoms with Crippen molar-refractivity contribution in [2.24, 2.45) is 4.99 Å². The van der Waals surface area contributed by atoms with Crippen molar-refractivity contribution >= 4 is 17.8 Å². The van der Waals surface area contributed by atoms with E-state index in [1.807, 2.05) is 35.2 Å². The maximum atomic E-state index is 12.4. The van der Waals surface area contributed by atoms with E-state index in [-0.39, 0.29) is 17.9 Å². The third-order valence-corrected chi connectivity index (χ3v) is 5.28. The minimum atomic E-state index is -0.256.